The topological polar surface area (TPSA) is 6.48 Å². The molecule has 0 N–H and O–H groups in total. The van der Waals surface area contributed by atoms with Crippen LogP contribution in [0.3, 0.4) is 0 Å². The highest BCUT2D eigenvalue weighted by molar-refractivity contribution is 7.99. The molecule has 24 heavy (non-hydrogen) atoms. The molecule has 5 rings (SSSR count). The summed E-state index contributed by atoms with van der Waals surface area (Å²) in [5, 5.41) is 0. The van der Waals surface area contributed by atoms with Crippen LogP contribution in [0.5, 0.6) is 0 Å². The van der Waals surface area contributed by atoms with Crippen LogP contribution in [0, 0.1) is 0 Å². The summed E-state index contributed by atoms with van der Waals surface area (Å²) >= 11 is 1.98. The first-order valence-corrected chi connectivity index (χ1v) is 10.1. The molecule has 3 heteroatoms. The molecule has 124 valence electrons. The summed E-state index contributed by atoms with van der Waals surface area (Å²) in [4.78, 5) is 8.00. The van der Waals surface area contributed by atoms with Gasteiger partial charge < -0.3 is 9.80 Å². The van der Waals surface area contributed by atoms with Gasteiger partial charge in [0.25, 0.3) is 0 Å². The molecule has 2 saturated heterocycles. The van der Waals surface area contributed by atoms with Gasteiger partial charge in [-0.05, 0) is 67.5 Å². The summed E-state index contributed by atoms with van der Waals surface area (Å²) in [7, 11) is 0. The second kappa shape index (κ2) is 6.03. The lowest BCUT2D eigenvalue weighted by Crippen LogP contribution is -2.18. The molecule has 0 bridgehead atoms. The third-order valence-electron chi connectivity index (χ3n) is 5.64. The standard InChI is InChI=1S/C21H24N2S/c1-2-10-22(9-1)18-7-5-16-13-17-6-8-19(23-11-3-4-12-23)15-21(17)24-20(16)14-18/h5-8,14-15H,1-4,9-13H2. The Morgan fingerprint density at radius 1 is 0.625 bits per heavy atom. The number of hydrogen-bond acceptors (Lipinski definition) is 3. The van der Waals surface area contributed by atoms with E-state index in [2.05, 4.69) is 46.2 Å². The van der Waals surface area contributed by atoms with Crippen molar-refractivity contribution in [2.24, 2.45) is 0 Å². The Balaban J connectivity index is 1.45. The van der Waals surface area contributed by atoms with E-state index in [9.17, 15) is 0 Å². The number of hydrogen-bond donors (Lipinski definition) is 0. The van der Waals surface area contributed by atoms with Crippen LogP contribution in [0.1, 0.15) is 36.8 Å². The molecule has 2 fully saturated rings. The predicted octanol–water partition coefficient (Wildman–Crippen LogP) is 4.94. The Morgan fingerprint density at radius 3 is 1.54 bits per heavy atom. The zero-order valence-electron chi connectivity index (χ0n) is 14.1. The summed E-state index contributed by atoms with van der Waals surface area (Å²) in [6.07, 6.45) is 6.44. The Kier molecular flexibility index (Phi) is 3.70. The highest BCUT2D eigenvalue weighted by Gasteiger charge is 2.21. The molecular formula is C21H24N2S. The molecule has 0 aromatic heterocycles. The molecule has 0 amide bonds. The minimum Gasteiger partial charge on any atom is -0.372 e. The summed E-state index contributed by atoms with van der Waals surface area (Å²) in [5.74, 6) is 0. The van der Waals surface area contributed by atoms with Crippen molar-refractivity contribution in [3.8, 4) is 0 Å². The van der Waals surface area contributed by atoms with Crippen LogP contribution in [0.4, 0.5) is 11.4 Å². The van der Waals surface area contributed by atoms with Crippen LogP contribution >= 0.6 is 11.8 Å². The third-order valence-corrected chi connectivity index (χ3v) is 6.84. The van der Waals surface area contributed by atoms with Crippen molar-refractivity contribution in [1.29, 1.82) is 0 Å². The van der Waals surface area contributed by atoms with Crippen molar-refractivity contribution < 1.29 is 0 Å². The summed E-state index contributed by atoms with van der Waals surface area (Å²) in [6, 6.07) is 14.2. The Labute approximate surface area is 148 Å². The van der Waals surface area contributed by atoms with Gasteiger partial charge >= 0.3 is 0 Å². The predicted molar refractivity (Wildman–Crippen MR) is 103 cm³/mol. The first-order chi connectivity index (χ1) is 11.9. The van der Waals surface area contributed by atoms with Gasteiger partial charge in [0.1, 0.15) is 0 Å². The highest BCUT2D eigenvalue weighted by atomic mass is 32.2. The fourth-order valence-corrected chi connectivity index (χ4v) is 5.38. The van der Waals surface area contributed by atoms with Gasteiger partial charge in [0, 0.05) is 47.3 Å². The number of fused-ring (bicyclic) bond motifs is 2. The molecule has 0 radical (unpaired) electrons. The fourth-order valence-electron chi connectivity index (χ4n) is 4.24. The van der Waals surface area contributed by atoms with Crippen molar-refractivity contribution in [1.82, 2.24) is 0 Å². The van der Waals surface area contributed by atoms with Gasteiger partial charge in [-0.3, -0.25) is 0 Å². The number of benzene rings is 2. The van der Waals surface area contributed by atoms with Crippen LogP contribution in [-0.4, -0.2) is 26.2 Å². The quantitative estimate of drug-likeness (QED) is 0.654. The van der Waals surface area contributed by atoms with Crippen LogP contribution < -0.4 is 9.80 Å². The lowest BCUT2D eigenvalue weighted by atomic mass is 10.0. The average Bonchev–Trinajstić information content (AvgIpc) is 3.32. The molecule has 0 aliphatic carbocycles. The van der Waals surface area contributed by atoms with Crippen molar-refractivity contribution in [3.05, 3.63) is 47.5 Å². The first-order valence-electron chi connectivity index (χ1n) is 9.30. The van der Waals surface area contributed by atoms with E-state index >= 15 is 0 Å². The minimum atomic E-state index is 1.08. The molecule has 3 aliphatic rings. The normalized spacial score (nSPS) is 19.5. The first kappa shape index (κ1) is 14.7. The second-order valence-electron chi connectivity index (χ2n) is 7.25. The summed E-state index contributed by atoms with van der Waals surface area (Å²) in [5.41, 5.74) is 5.81. The van der Waals surface area contributed by atoms with Crippen molar-refractivity contribution in [3.63, 3.8) is 0 Å². The smallest absolute Gasteiger partial charge is 0.0377 e. The van der Waals surface area contributed by atoms with Gasteiger partial charge in [-0.25, -0.2) is 0 Å². The minimum absolute atomic E-state index is 1.08. The van der Waals surface area contributed by atoms with E-state index in [1.54, 1.807) is 0 Å². The van der Waals surface area contributed by atoms with E-state index in [0.29, 0.717) is 0 Å². The molecule has 0 saturated carbocycles. The molecule has 3 heterocycles. The van der Waals surface area contributed by atoms with E-state index in [1.165, 1.54) is 84.2 Å². The van der Waals surface area contributed by atoms with Crippen LogP contribution in [-0.2, 0) is 6.42 Å². The molecule has 0 unspecified atom stereocenters. The highest BCUT2D eigenvalue weighted by Crippen LogP contribution is 2.43. The van der Waals surface area contributed by atoms with Gasteiger partial charge in [-0.1, -0.05) is 23.9 Å². The molecule has 2 nitrogen and oxygen atoms in total. The van der Waals surface area contributed by atoms with Gasteiger partial charge in [0.05, 0.1) is 0 Å². The Bertz CT molecular complexity index is 695. The van der Waals surface area contributed by atoms with Gasteiger partial charge in [-0.2, -0.15) is 0 Å². The zero-order chi connectivity index (χ0) is 15.9. The van der Waals surface area contributed by atoms with E-state index in [4.69, 9.17) is 0 Å². The summed E-state index contributed by atoms with van der Waals surface area (Å²) in [6.45, 7) is 4.89. The molecule has 3 aliphatic heterocycles. The molecule has 2 aromatic carbocycles. The fraction of sp³-hybridized carbons (Fsp3) is 0.429. The maximum Gasteiger partial charge on any atom is 0.0377 e. The molecular weight excluding hydrogens is 312 g/mol. The van der Waals surface area contributed by atoms with Gasteiger partial charge in [0.2, 0.25) is 0 Å². The number of rotatable bonds is 2. The second-order valence-corrected chi connectivity index (χ2v) is 8.33. The summed E-state index contributed by atoms with van der Waals surface area (Å²) < 4.78 is 0. The van der Waals surface area contributed by atoms with Crippen LogP contribution in [0.25, 0.3) is 0 Å². The Hall–Kier alpha value is -1.61. The molecule has 0 atom stereocenters. The van der Waals surface area contributed by atoms with Crippen molar-refractivity contribution >= 4 is 23.1 Å². The van der Waals surface area contributed by atoms with Crippen LogP contribution in [0.2, 0.25) is 0 Å². The molecule has 2 aromatic rings. The third kappa shape index (κ3) is 2.59. The largest absolute Gasteiger partial charge is 0.372 e. The van der Waals surface area contributed by atoms with Crippen molar-refractivity contribution in [2.75, 3.05) is 36.0 Å². The van der Waals surface area contributed by atoms with E-state index in [0.717, 1.165) is 6.42 Å². The number of anilines is 2. The lowest BCUT2D eigenvalue weighted by Gasteiger charge is -2.25. The molecule has 0 spiro atoms. The van der Waals surface area contributed by atoms with Crippen LogP contribution in [0.15, 0.2) is 46.2 Å². The maximum absolute atomic E-state index is 2.54. The van der Waals surface area contributed by atoms with E-state index in [-0.39, 0.29) is 0 Å². The maximum atomic E-state index is 2.54. The zero-order valence-corrected chi connectivity index (χ0v) is 14.9. The SMILES string of the molecule is c1cc2c(cc1N1CCCC1)Sc1cc(N3CCCC3)ccc1C2. The lowest BCUT2D eigenvalue weighted by molar-refractivity contribution is 0.949. The Morgan fingerprint density at radius 2 is 1.08 bits per heavy atom. The van der Waals surface area contributed by atoms with Gasteiger partial charge in [0.15, 0.2) is 0 Å². The van der Waals surface area contributed by atoms with E-state index < -0.39 is 0 Å². The van der Waals surface area contributed by atoms with Gasteiger partial charge in [-0.15, -0.1) is 0 Å². The average molecular weight is 337 g/mol. The number of nitrogens with zero attached hydrogens (tertiary/aromatic N) is 2. The monoisotopic (exact) mass is 336 g/mol. The van der Waals surface area contributed by atoms with E-state index in [1.807, 2.05) is 11.8 Å². The van der Waals surface area contributed by atoms with Crippen molar-refractivity contribution in [2.45, 2.75) is 41.9 Å².